The van der Waals surface area contributed by atoms with Crippen LogP contribution in [-0.4, -0.2) is 69.1 Å². The van der Waals surface area contributed by atoms with Gasteiger partial charge in [-0.05, 0) is 37.1 Å². The van der Waals surface area contributed by atoms with Gasteiger partial charge in [-0.3, -0.25) is 14.5 Å². The van der Waals surface area contributed by atoms with Gasteiger partial charge in [0.05, 0.1) is 7.11 Å². The molecule has 1 aromatic rings. The van der Waals surface area contributed by atoms with E-state index >= 15 is 0 Å². The van der Waals surface area contributed by atoms with Gasteiger partial charge < -0.3 is 20.3 Å². The highest BCUT2D eigenvalue weighted by Gasteiger charge is 2.21. The predicted molar refractivity (Wildman–Crippen MR) is 110 cm³/mol. The number of nitrogens with zero attached hydrogens (tertiary/aromatic N) is 2. The molecular weight excluding hydrogens is 356 g/mol. The molecule has 0 spiro atoms. The van der Waals surface area contributed by atoms with Crippen molar-refractivity contribution < 1.29 is 14.3 Å². The molecular formula is C21H32N4O3. The first-order valence-electron chi connectivity index (χ1n) is 10.4. The Kier molecular flexibility index (Phi) is 7.54. The van der Waals surface area contributed by atoms with Crippen LogP contribution in [0.3, 0.4) is 0 Å². The topological polar surface area (TPSA) is 73.9 Å². The maximum absolute atomic E-state index is 12.0. The van der Waals surface area contributed by atoms with Crippen molar-refractivity contribution in [3.05, 3.63) is 24.3 Å². The minimum Gasteiger partial charge on any atom is -0.497 e. The summed E-state index contributed by atoms with van der Waals surface area (Å²) in [5, 5.41) is 5.61. The van der Waals surface area contributed by atoms with Crippen LogP contribution >= 0.6 is 0 Å². The van der Waals surface area contributed by atoms with Crippen LogP contribution in [0.4, 0.5) is 5.69 Å². The molecule has 2 fully saturated rings. The predicted octanol–water partition coefficient (Wildman–Crippen LogP) is 1.38. The molecule has 0 radical (unpaired) electrons. The van der Waals surface area contributed by atoms with E-state index in [-0.39, 0.29) is 6.04 Å². The third-order valence-corrected chi connectivity index (χ3v) is 5.67. The van der Waals surface area contributed by atoms with E-state index in [0.717, 1.165) is 64.2 Å². The van der Waals surface area contributed by atoms with Gasteiger partial charge >= 0.3 is 11.8 Å². The summed E-state index contributed by atoms with van der Waals surface area (Å²) < 4.78 is 5.21. The highest BCUT2D eigenvalue weighted by molar-refractivity contribution is 6.35. The Morgan fingerprint density at radius 3 is 2.32 bits per heavy atom. The number of hydrogen-bond acceptors (Lipinski definition) is 5. The highest BCUT2D eigenvalue weighted by Crippen LogP contribution is 2.20. The van der Waals surface area contributed by atoms with E-state index in [0.29, 0.717) is 6.54 Å². The van der Waals surface area contributed by atoms with Gasteiger partial charge in [0.25, 0.3) is 0 Å². The zero-order valence-electron chi connectivity index (χ0n) is 16.8. The summed E-state index contributed by atoms with van der Waals surface area (Å²) in [6.07, 6.45) is 5.46. The fraction of sp³-hybridized carbons (Fsp3) is 0.619. The lowest BCUT2D eigenvalue weighted by Gasteiger charge is -2.36. The molecule has 2 N–H and O–H groups in total. The number of anilines is 1. The molecule has 0 unspecified atom stereocenters. The number of hydrogen-bond donors (Lipinski definition) is 2. The number of amides is 2. The Labute approximate surface area is 167 Å². The second-order valence-corrected chi connectivity index (χ2v) is 7.59. The van der Waals surface area contributed by atoms with Crippen LogP contribution in [0.1, 0.15) is 32.1 Å². The van der Waals surface area contributed by atoms with Crippen LogP contribution in [0.5, 0.6) is 5.75 Å². The Balaban J connectivity index is 1.32. The summed E-state index contributed by atoms with van der Waals surface area (Å²) in [6, 6.07) is 8.29. The highest BCUT2D eigenvalue weighted by atomic mass is 16.5. The molecule has 0 bridgehead atoms. The molecule has 1 aromatic carbocycles. The molecule has 28 heavy (non-hydrogen) atoms. The van der Waals surface area contributed by atoms with Gasteiger partial charge in [0.15, 0.2) is 0 Å². The average Bonchev–Trinajstić information content (AvgIpc) is 2.75. The first kappa shape index (κ1) is 20.5. The van der Waals surface area contributed by atoms with Gasteiger partial charge in [0.2, 0.25) is 0 Å². The van der Waals surface area contributed by atoms with Gasteiger partial charge in [-0.25, -0.2) is 0 Å². The first-order valence-corrected chi connectivity index (χ1v) is 10.4. The van der Waals surface area contributed by atoms with E-state index in [1.807, 2.05) is 12.1 Å². The van der Waals surface area contributed by atoms with Crippen LogP contribution in [0.2, 0.25) is 0 Å². The van der Waals surface area contributed by atoms with Gasteiger partial charge in [0.1, 0.15) is 5.75 Å². The van der Waals surface area contributed by atoms with Crippen molar-refractivity contribution >= 4 is 17.5 Å². The standard InChI is InChI=1S/C21H32N4O3/c1-28-19-9-7-18(8-10-19)25-15-13-24(14-16-25)12-11-22-20(26)21(27)23-17-5-3-2-4-6-17/h7-10,17H,2-6,11-16H2,1H3,(H,22,26)(H,23,27). The Hall–Kier alpha value is -2.28. The molecule has 7 nitrogen and oxygen atoms in total. The molecule has 1 aliphatic heterocycles. The zero-order valence-corrected chi connectivity index (χ0v) is 16.8. The number of ether oxygens (including phenoxy) is 1. The van der Waals surface area contributed by atoms with Crippen LogP contribution < -0.4 is 20.3 Å². The summed E-state index contributed by atoms with van der Waals surface area (Å²) in [4.78, 5) is 28.6. The van der Waals surface area contributed by atoms with E-state index in [9.17, 15) is 9.59 Å². The minimum atomic E-state index is -0.512. The molecule has 0 aromatic heterocycles. The number of rotatable bonds is 6. The fourth-order valence-corrected chi connectivity index (χ4v) is 3.93. The summed E-state index contributed by atoms with van der Waals surface area (Å²) in [7, 11) is 1.67. The quantitative estimate of drug-likeness (QED) is 0.721. The molecule has 7 heteroatoms. The molecule has 1 heterocycles. The van der Waals surface area contributed by atoms with Crippen LogP contribution in [0.25, 0.3) is 0 Å². The smallest absolute Gasteiger partial charge is 0.309 e. The van der Waals surface area contributed by atoms with E-state index in [2.05, 4.69) is 32.6 Å². The van der Waals surface area contributed by atoms with E-state index in [4.69, 9.17) is 4.74 Å². The van der Waals surface area contributed by atoms with E-state index in [1.54, 1.807) is 7.11 Å². The van der Waals surface area contributed by atoms with Gasteiger partial charge in [-0.15, -0.1) is 0 Å². The normalized spacial score (nSPS) is 18.5. The average molecular weight is 389 g/mol. The second-order valence-electron chi connectivity index (χ2n) is 7.59. The van der Waals surface area contributed by atoms with Crippen molar-refractivity contribution in [2.75, 3.05) is 51.3 Å². The lowest BCUT2D eigenvalue weighted by molar-refractivity contribution is -0.139. The largest absolute Gasteiger partial charge is 0.497 e. The summed E-state index contributed by atoms with van der Waals surface area (Å²) in [5.41, 5.74) is 1.20. The number of carbonyl (C=O) groups excluding carboxylic acids is 2. The number of nitrogens with one attached hydrogen (secondary N) is 2. The minimum absolute atomic E-state index is 0.165. The van der Waals surface area contributed by atoms with Gasteiger partial charge in [0, 0.05) is 51.0 Å². The second kappa shape index (κ2) is 10.3. The molecule has 0 atom stereocenters. The monoisotopic (exact) mass is 388 g/mol. The number of benzene rings is 1. The molecule has 1 saturated carbocycles. The van der Waals surface area contributed by atoms with Crippen molar-refractivity contribution in [1.82, 2.24) is 15.5 Å². The van der Waals surface area contributed by atoms with E-state index in [1.165, 1.54) is 12.1 Å². The van der Waals surface area contributed by atoms with Gasteiger partial charge in [-0.2, -0.15) is 0 Å². The maximum Gasteiger partial charge on any atom is 0.309 e. The Bertz CT molecular complexity index is 636. The molecule has 1 saturated heterocycles. The first-order chi connectivity index (χ1) is 13.7. The summed E-state index contributed by atoms with van der Waals surface area (Å²) in [5.74, 6) is -0.135. The summed E-state index contributed by atoms with van der Waals surface area (Å²) >= 11 is 0. The van der Waals surface area contributed by atoms with Crippen LogP contribution in [-0.2, 0) is 9.59 Å². The van der Waals surface area contributed by atoms with E-state index < -0.39 is 11.8 Å². The Morgan fingerprint density at radius 2 is 1.68 bits per heavy atom. The zero-order chi connectivity index (χ0) is 19.8. The molecule has 2 aliphatic rings. The van der Waals surface area contributed by atoms with Crippen LogP contribution in [0, 0.1) is 0 Å². The third-order valence-electron chi connectivity index (χ3n) is 5.67. The Morgan fingerprint density at radius 1 is 1.00 bits per heavy atom. The van der Waals surface area contributed by atoms with Crippen molar-refractivity contribution in [3.8, 4) is 5.75 Å². The molecule has 2 amide bonds. The van der Waals surface area contributed by atoms with Crippen LogP contribution in [0.15, 0.2) is 24.3 Å². The van der Waals surface area contributed by atoms with Gasteiger partial charge in [-0.1, -0.05) is 19.3 Å². The maximum atomic E-state index is 12.0. The number of carbonyl (C=O) groups is 2. The molecule has 3 rings (SSSR count). The molecule has 1 aliphatic carbocycles. The number of methoxy groups -OCH3 is 1. The number of piperazine rings is 1. The van der Waals surface area contributed by atoms with Crippen molar-refractivity contribution in [3.63, 3.8) is 0 Å². The van der Waals surface area contributed by atoms with Crippen molar-refractivity contribution in [2.45, 2.75) is 38.1 Å². The lowest BCUT2D eigenvalue weighted by atomic mass is 9.95. The fourth-order valence-electron chi connectivity index (χ4n) is 3.93. The summed E-state index contributed by atoms with van der Waals surface area (Å²) in [6.45, 7) is 5.04. The van der Waals surface area contributed by atoms with Crippen molar-refractivity contribution in [1.29, 1.82) is 0 Å². The molecule has 154 valence electrons. The lowest BCUT2D eigenvalue weighted by Crippen LogP contribution is -2.50. The third kappa shape index (κ3) is 5.86. The SMILES string of the molecule is COc1ccc(N2CCN(CCNC(=O)C(=O)NC3CCCCC3)CC2)cc1. The van der Waals surface area contributed by atoms with Crippen molar-refractivity contribution in [2.24, 2.45) is 0 Å².